The normalized spacial score (nSPS) is 14.8. The molecule has 0 aliphatic carbocycles. The van der Waals surface area contributed by atoms with Crippen LogP contribution in [0.4, 0.5) is 0 Å². The van der Waals surface area contributed by atoms with E-state index in [-0.39, 0.29) is 22.9 Å². The van der Waals surface area contributed by atoms with Crippen LogP contribution in [-0.2, 0) is 10.8 Å². The highest BCUT2D eigenvalue weighted by molar-refractivity contribution is 5.85. The van der Waals surface area contributed by atoms with Gasteiger partial charge in [0.25, 0.3) is 0 Å². The Kier molecular flexibility index (Phi) is 8.16. The summed E-state index contributed by atoms with van der Waals surface area (Å²) in [5.41, 5.74) is 5.31. The Balaban J connectivity index is 2.15. The molecule has 0 fully saturated rings. The monoisotopic (exact) mass is 450 g/mol. The SMILES string of the molecule is Cc1cc(C=N[C@H](C)C[C@@H](C)N=Cc2cc(C)cc(C(C)(C)C)c2O)c(O)c(C(C)(C)C)c1. The van der Waals surface area contributed by atoms with Gasteiger partial charge in [0.1, 0.15) is 11.5 Å². The quantitative estimate of drug-likeness (QED) is 0.465. The van der Waals surface area contributed by atoms with Gasteiger partial charge in [0.05, 0.1) is 0 Å². The maximum atomic E-state index is 10.7. The molecule has 0 saturated carbocycles. The van der Waals surface area contributed by atoms with Crippen LogP contribution in [0.15, 0.2) is 34.3 Å². The van der Waals surface area contributed by atoms with Gasteiger partial charge >= 0.3 is 0 Å². The first-order chi connectivity index (χ1) is 15.1. The summed E-state index contributed by atoms with van der Waals surface area (Å²) in [6.07, 6.45) is 4.33. The summed E-state index contributed by atoms with van der Waals surface area (Å²) in [6, 6.07) is 8.11. The molecule has 2 atom stereocenters. The zero-order valence-corrected chi connectivity index (χ0v) is 22.1. The number of aryl methyl sites for hydroxylation is 2. The first kappa shape index (κ1) is 26.6. The van der Waals surface area contributed by atoms with Crippen molar-refractivity contribution in [3.8, 4) is 11.5 Å². The average Bonchev–Trinajstić information content (AvgIpc) is 2.67. The molecule has 33 heavy (non-hydrogen) atoms. The van der Waals surface area contributed by atoms with Gasteiger partial charge in [0, 0.05) is 46.8 Å². The van der Waals surface area contributed by atoms with E-state index in [1.54, 1.807) is 12.4 Å². The summed E-state index contributed by atoms with van der Waals surface area (Å²) in [5.74, 6) is 0.611. The van der Waals surface area contributed by atoms with Crippen molar-refractivity contribution in [1.29, 1.82) is 0 Å². The lowest BCUT2D eigenvalue weighted by Gasteiger charge is -2.22. The van der Waals surface area contributed by atoms with Crippen molar-refractivity contribution >= 4 is 12.4 Å². The molecule has 2 rings (SSSR count). The highest BCUT2D eigenvalue weighted by atomic mass is 16.3. The molecule has 0 aliphatic rings. The maximum absolute atomic E-state index is 10.7. The third-order valence-electron chi connectivity index (χ3n) is 5.80. The number of rotatable bonds is 6. The third kappa shape index (κ3) is 7.18. The summed E-state index contributed by atoms with van der Waals surface area (Å²) >= 11 is 0. The Morgan fingerprint density at radius 1 is 0.697 bits per heavy atom. The minimum Gasteiger partial charge on any atom is -0.507 e. The molecule has 0 saturated heterocycles. The lowest BCUT2D eigenvalue weighted by atomic mass is 9.84. The predicted octanol–water partition coefficient (Wildman–Crippen LogP) is 7.01. The fraction of sp³-hybridized carbons (Fsp3) is 0.517. The molecule has 0 aliphatic heterocycles. The van der Waals surface area contributed by atoms with Crippen LogP contribution in [-0.4, -0.2) is 34.7 Å². The van der Waals surface area contributed by atoms with Crippen LogP contribution < -0.4 is 0 Å². The van der Waals surface area contributed by atoms with Gasteiger partial charge in [0.15, 0.2) is 0 Å². The molecule has 0 aromatic heterocycles. The van der Waals surface area contributed by atoms with E-state index < -0.39 is 0 Å². The molecular formula is C29H42N2O2. The molecule has 0 radical (unpaired) electrons. The zero-order chi connectivity index (χ0) is 25.1. The highest BCUT2D eigenvalue weighted by Crippen LogP contribution is 2.35. The molecule has 2 N–H and O–H groups in total. The fourth-order valence-corrected chi connectivity index (χ4v) is 3.98. The number of nitrogens with zero attached hydrogens (tertiary/aromatic N) is 2. The minimum atomic E-state index is -0.137. The lowest BCUT2D eigenvalue weighted by molar-refractivity contribution is 0.445. The largest absolute Gasteiger partial charge is 0.507 e. The predicted molar refractivity (Wildman–Crippen MR) is 142 cm³/mol. The van der Waals surface area contributed by atoms with Gasteiger partial charge in [-0.2, -0.15) is 0 Å². The van der Waals surface area contributed by atoms with Crippen LogP contribution in [0.2, 0.25) is 0 Å². The summed E-state index contributed by atoms with van der Waals surface area (Å²) in [7, 11) is 0. The second kappa shape index (κ2) is 10.1. The summed E-state index contributed by atoms with van der Waals surface area (Å²) in [6.45, 7) is 20.8. The second-order valence-electron chi connectivity index (χ2n) is 11.5. The third-order valence-corrected chi connectivity index (χ3v) is 5.80. The Morgan fingerprint density at radius 3 is 1.33 bits per heavy atom. The second-order valence-corrected chi connectivity index (χ2v) is 11.5. The Bertz CT molecular complexity index is 954. The van der Waals surface area contributed by atoms with Gasteiger partial charge in [-0.3, -0.25) is 9.98 Å². The van der Waals surface area contributed by atoms with Gasteiger partial charge in [-0.1, -0.05) is 53.7 Å². The summed E-state index contributed by atoms with van der Waals surface area (Å²) in [5, 5.41) is 21.5. The van der Waals surface area contributed by atoms with E-state index in [2.05, 4.69) is 65.4 Å². The van der Waals surface area contributed by atoms with Gasteiger partial charge in [-0.25, -0.2) is 0 Å². The van der Waals surface area contributed by atoms with E-state index in [1.807, 2.05) is 38.1 Å². The van der Waals surface area contributed by atoms with Crippen molar-refractivity contribution in [2.45, 2.75) is 98.6 Å². The topological polar surface area (TPSA) is 65.2 Å². The van der Waals surface area contributed by atoms with Gasteiger partial charge in [-0.15, -0.1) is 0 Å². The Morgan fingerprint density at radius 2 is 1.03 bits per heavy atom. The van der Waals surface area contributed by atoms with Crippen molar-refractivity contribution in [3.05, 3.63) is 57.6 Å². The minimum absolute atomic E-state index is 0.0476. The van der Waals surface area contributed by atoms with E-state index in [0.29, 0.717) is 11.5 Å². The molecule has 2 aromatic carbocycles. The highest BCUT2D eigenvalue weighted by Gasteiger charge is 2.21. The van der Waals surface area contributed by atoms with E-state index >= 15 is 0 Å². The van der Waals surface area contributed by atoms with Crippen molar-refractivity contribution in [1.82, 2.24) is 0 Å². The molecule has 0 bridgehead atoms. The lowest BCUT2D eigenvalue weighted by Crippen LogP contribution is -2.13. The fourth-order valence-electron chi connectivity index (χ4n) is 3.98. The molecule has 0 heterocycles. The van der Waals surface area contributed by atoms with Crippen LogP contribution in [0.1, 0.15) is 95.2 Å². The van der Waals surface area contributed by atoms with E-state index in [9.17, 15) is 10.2 Å². The summed E-state index contributed by atoms with van der Waals surface area (Å²) in [4.78, 5) is 9.37. The maximum Gasteiger partial charge on any atom is 0.128 e. The Hall–Kier alpha value is -2.62. The van der Waals surface area contributed by atoms with Crippen molar-refractivity contribution in [2.24, 2.45) is 9.98 Å². The van der Waals surface area contributed by atoms with Crippen LogP contribution in [0, 0.1) is 13.8 Å². The molecule has 4 nitrogen and oxygen atoms in total. The van der Waals surface area contributed by atoms with Crippen LogP contribution in [0.25, 0.3) is 0 Å². The molecule has 4 heteroatoms. The van der Waals surface area contributed by atoms with Gasteiger partial charge in [-0.05, 0) is 68.2 Å². The van der Waals surface area contributed by atoms with Crippen LogP contribution in [0.5, 0.6) is 11.5 Å². The summed E-state index contributed by atoms with van der Waals surface area (Å²) < 4.78 is 0. The van der Waals surface area contributed by atoms with Crippen molar-refractivity contribution < 1.29 is 10.2 Å². The van der Waals surface area contributed by atoms with E-state index in [4.69, 9.17) is 0 Å². The molecule has 0 spiro atoms. The smallest absolute Gasteiger partial charge is 0.128 e. The number of hydrogen-bond acceptors (Lipinski definition) is 4. The Labute approximate surface area is 200 Å². The van der Waals surface area contributed by atoms with Gasteiger partial charge < -0.3 is 10.2 Å². The van der Waals surface area contributed by atoms with Gasteiger partial charge in [0.2, 0.25) is 0 Å². The molecule has 0 unspecified atom stereocenters. The molecule has 180 valence electrons. The van der Waals surface area contributed by atoms with E-state index in [1.165, 1.54) is 0 Å². The number of aromatic hydroxyl groups is 2. The van der Waals surface area contributed by atoms with Crippen LogP contribution in [0.3, 0.4) is 0 Å². The number of phenolic OH excluding ortho intramolecular Hbond substituents is 2. The first-order valence-electron chi connectivity index (χ1n) is 11.8. The van der Waals surface area contributed by atoms with E-state index in [0.717, 1.165) is 39.8 Å². The molecule has 2 aromatic rings. The number of hydrogen-bond donors (Lipinski definition) is 2. The van der Waals surface area contributed by atoms with Crippen molar-refractivity contribution in [2.75, 3.05) is 0 Å². The first-order valence-corrected chi connectivity index (χ1v) is 11.8. The molecule has 0 amide bonds. The molecular weight excluding hydrogens is 408 g/mol. The zero-order valence-electron chi connectivity index (χ0n) is 22.1. The standard InChI is InChI=1S/C29H42N2O2/c1-18-11-22(26(32)24(13-18)28(5,6)7)16-30-20(3)15-21(4)31-17-23-12-19(2)14-25(27(23)33)29(8,9)10/h11-14,16-17,20-21,32-33H,15H2,1-10H3/t20-,21-/m1/s1. The van der Waals surface area contributed by atoms with Crippen LogP contribution >= 0.6 is 0 Å². The number of benzene rings is 2. The number of aliphatic imine (C=N–C) groups is 2. The number of phenols is 2. The van der Waals surface area contributed by atoms with Crippen molar-refractivity contribution in [3.63, 3.8) is 0 Å². The average molecular weight is 451 g/mol.